The van der Waals surface area contributed by atoms with Gasteiger partial charge in [-0.15, -0.1) is 24.8 Å². The summed E-state index contributed by atoms with van der Waals surface area (Å²) in [5.74, 6) is 2.50. The van der Waals surface area contributed by atoms with Crippen LogP contribution in [0.4, 0.5) is 0 Å². The van der Waals surface area contributed by atoms with Crippen molar-refractivity contribution in [3.05, 3.63) is 22.2 Å². The number of nitrogens with zero attached hydrogens (tertiary/aromatic N) is 1. The summed E-state index contributed by atoms with van der Waals surface area (Å²) >= 11 is 3.56. The lowest BCUT2D eigenvalue weighted by molar-refractivity contribution is 0.157. The SMILES string of the molecule is COc1cc([C@@H](CCC(C)C)N2CCNCC2)c(OC)cc1Br.Cl.Cl. The third-order valence-corrected chi connectivity index (χ3v) is 5.09. The Morgan fingerprint density at radius 1 is 1.04 bits per heavy atom. The van der Waals surface area contributed by atoms with Crippen LogP contribution in [-0.2, 0) is 0 Å². The molecule has 1 atom stereocenters. The molecule has 0 saturated carbocycles. The standard InChI is InChI=1S/C18H29BrN2O2.2ClH/c1-13(2)5-6-16(21-9-7-20-8-10-21)14-11-18(23-4)15(19)12-17(14)22-3;;/h11-13,16,20H,5-10H2,1-4H3;2*1H/t16-;;/m1../s1. The molecule has 1 heterocycles. The second-order valence-electron chi connectivity index (χ2n) is 6.50. The molecule has 0 spiro atoms. The van der Waals surface area contributed by atoms with Crippen molar-refractivity contribution in [1.29, 1.82) is 0 Å². The molecule has 7 heteroatoms. The fourth-order valence-electron chi connectivity index (χ4n) is 3.16. The number of ether oxygens (including phenoxy) is 2. The average molecular weight is 458 g/mol. The van der Waals surface area contributed by atoms with Gasteiger partial charge < -0.3 is 14.8 Å². The second kappa shape index (κ2) is 12.2. The van der Waals surface area contributed by atoms with E-state index in [1.165, 1.54) is 12.0 Å². The van der Waals surface area contributed by atoms with Crippen molar-refractivity contribution in [1.82, 2.24) is 10.2 Å². The van der Waals surface area contributed by atoms with E-state index in [0.717, 1.165) is 48.6 Å². The van der Waals surface area contributed by atoms with Crippen LogP contribution in [-0.4, -0.2) is 45.3 Å². The van der Waals surface area contributed by atoms with Gasteiger partial charge >= 0.3 is 0 Å². The molecule has 1 aliphatic rings. The summed E-state index contributed by atoms with van der Waals surface area (Å²) in [5.41, 5.74) is 1.23. The van der Waals surface area contributed by atoms with Gasteiger partial charge in [-0.3, -0.25) is 4.90 Å². The lowest BCUT2D eigenvalue weighted by Crippen LogP contribution is -2.45. The van der Waals surface area contributed by atoms with Crippen LogP contribution >= 0.6 is 40.7 Å². The molecule has 146 valence electrons. The fourth-order valence-corrected chi connectivity index (χ4v) is 3.65. The van der Waals surface area contributed by atoms with E-state index >= 15 is 0 Å². The zero-order valence-electron chi connectivity index (χ0n) is 15.5. The number of hydrogen-bond acceptors (Lipinski definition) is 4. The molecule has 1 aliphatic heterocycles. The maximum atomic E-state index is 5.68. The smallest absolute Gasteiger partial charge is 0.133 e. The molecular formula is C18H31BrCl2N2O2. The van der Waals surface area contributed by atoms with Gasteiger partial charge in [0.15, 0.2) is 0 Å². The van der Waals surface area contributed by atoms with Crippen molar-refractivity contribution in [3.8, 4) is 11.5 Å². The molecular weight excluding hydrogens is 427 g/mol. The highest BCUT2D eigenvalue weighted by molar-refractivity contribution is 9.10. The Balaban J connectivity index is 0.00000288. The number of benzene rings is 1. The van der Waals surface area contributed by atoms with Crippen LogP contribution in [0.15, 0.2) is 16.6 Å². The minimum atomic E-state index is 0. The molecule has 4 nitrogen and oxygen atoms in total. The van der Waals surface area contributed by atoms with Crippen LogP contribution in [0.25, 0.3) is 0 Å². The monoisotopic (exact) mass is 456 g/mol. The van der Waals surface area contributed by atoms with E-state index in [2.05, 4.69) is 46.1 Å². The number of nitrogens with one attached hydrogen (secondary N) is 1. The number of methoxy groups -OCH3 is 2. The Morgan fingerprint density at radius 3 is 2.16 bits per heavy atom. The first-order chi connectivity index (χ1) is 11.1. The average Bonchev–Trinajstić information content (AvgIpc) is 2.56. The Bertz CT molecular complexity index is 512. The Morgan fingerprint density at radius 2 is 1.64 bits per heavy atom. The lowest BCUT2D eigenvalue weighted by atomic mass is 9.95. The third kappa shape index (κ3) is 6.79. The van der Waals surface area contributed by atoms with E-state index in [4.69, 9.17) is 9.47 Å². The first-order valence-electron chi connectivity index (χ1n) is 8.43. The normalized spacial score (nSPS) is 15.9. The minimum absolute atomic E-state index is 0. The molecule has 1 aromatic carbocycles. The van der Waals surface area contributed by atoms with Crippen molar-refractivity contribution in [3.63, 3.8) is 0 Å². The summed E-state index contributed by atoms with van der Waals surface area (Å²) in [6.45, 7) is 8.82. The summed E-state index contributed by atoms with van der Waals surface area (Å²) < 4.78 is 12.1. The molecule has 2 rings (SSSR count). The van der Waals surface area contributed by atoms with Crippen LogP contribution in [0.5, 0.6) is 11.5 Å². The predicted octanol–water partition coefficient (Wildman–Crippen LogP) is 4.69. The van der Waals surface area contributed by atoms with E-state index in [9.17, 15) is 0 Å². The highest BCUT2D eigenvalue weighted by Crippen LogP contribution is 2.40. The van der Waals surface area contributed by atoms with Crippen molar-refractivity contribution in [2.24, 2.45) is 5.92 Å². The summed E-state index contributed by atoms with van der Waals surface area (Å²) in [4.78, 5) is 2.57. The van der Waals surface area contributed by atoms with E-state index in [-0.39, 0.29) is 24.8 Å². The largest absolute Gasteiger partial charge is 0.496 e. The Hall–Kier alpha value is -0.200. The van der Waals surface area contributed by atoms with Gasteiger partial charge in [-0.1, -0.05) is 13.8 Å². The van der Waals surface area contributed by atoms with Gasteiger partial charge in [0.05, 0.1) is 18.7 Å². The molecule has 0 aromatic heterocycles. The van der Waals surface area contributed by atoms with Crippen LogP contribution in [0.2, 0.25) is 0 Å². The van der Waals surface area contributed by atoms with Crippen molar-refractivity contribution >= 4 is 40.7 Å². The van der Waals surface area contributed by atoms with Gasteiger partial charge in [-0.05, 0) is 46.8 Å². The zero-order valence-corrected chi connectivity index (χ0v) is 18.7. The van der Waals surface area contributed by atoms with Crippen molar-refractivity contribution in [2.45, 2.75) is 32.7 Å². The highest BCUT2D eigenvalue weighted by atomic mass is 79.9. The zero-order chi connectivity index (χ0) is 16.8. The molecule has 1 fully saturated rings. The number of hydrogen-bond donors (Lipinski definition) is 1. The fraction of sp³-hybridized carbons (Fsp3) is 0.667. The summed E-state index contributed by atoms with van der Waals surface area (Å²) in [6, 6.07) is 4.53. The summed E-state index contributed by atoms with van der Waals surface area (Å²) in [5, 5.41) is 3.44. The van der Waals surface area contributed by atoms with E-state index < -0.39 is 0 Å². The minimum Gasteiger partial charge on any atom is -0.496 e. The predicted molar refractivity (Wildman–Crippen MR) is 113 cm³/mol. The summed E-state index contributed by atoms with van der Waals surface area (Å²) in [7, 11) is 3.46. The number of halogens is 3. The Kier molecular flexibility index (Phi) is 12.1. The van der Waals surface area contributed by atoms with Gasteiger partial charge in [0.1, 0.15) is 11.5 Å². The van der Waals surface area contributed by atoms with Crippen LogP contribution < -0.4 is 14.8 Å². The Labute approximate surface area is 173 Å². The third-order valence-electron chi connectivity index (χ3n) is 4.47. The molecule has 0 aliphatic carbocycles. The van der Waals surface area contributed by atoms with Crippen LogP contribution in [0.3, 0.4) is 0 Å². The summed E-state index contributed by atoms with van der Waals surface area (Å²) in [6.07, 6.45) is 2.34. The second-order valence-corrected chi connectivity index (χ2v) is 7.36. The van der Waals surface area contributed by atoms with Crippen LogP contribution in [0.1, 0.15) is 38.3 Å². The maximum absolute atomic E-state index is 5.68. The first-order valence-corrected chi connectivity index (χ1v) is 9.22. The van der Waals surface area contributed by atoms with E-state index in [1.807, 2.05) is 6.07 Å². The molecule has 1 aromatic rings. The van der Waals surface area contributed by atoms with Crippen molar-refractivity contribution in [2.75, 3.05) is 40.4 Å². The molecule has 0 bridgehead atoms. The first kappa shape index (κ1) is 24.8. The van der Waals surface area contributed by atoms with Crippen LogP contribution in [0, 0.1) is 5.92 Å². The van der Waals surface area contributed by atoms with Gasteiger partial charge in [0, 0.05) is 37.8 Å². The van der Waals surface area contributed by atoms with E-state index in [1.54, 1.807) is 14.2 Å². The number of rotatable bonds is 7. The van der Waals surface area contributed by atoms with Crippen molar-refractivity contribution < 1.29 is 9.47 Å². The lowest BCUT2D eigenvalue weighted by Gasteiger charge is -2.36. The van der Waals surface area contributed by atoms with Gasteiger partial charge in [0.25, 0.3) is 0 Å². The van der Waals surface area contributed by atoms with Gasteiger partial charge in [-0.2, -0.15) is 0 Å². The van der Waals surface area contributed by atoms with Gasteiger partial charge in [0.2, 0.25) is 0 Å². The molecule has 1 saturated heterocycles. The molecule has 0 unspecified atom stereocenters. The topological polar surface area (TPSA) is 33.7 Å². The molecule has 25 heavy (non-hydrogen) atoms. The van der Waals surface area contributed by atoms with Gasteiger partial charge in [-0.25, -0.2) is 0 Å². The molecule has 0 radical (unpaired) electrons. The number of piperazine rings is 1. The quantitative estimate of drug-likeness (QED) is 0.643. The highest BCUT2D eigenvalue weighted by Gasteiger charge is 2.26. The van der Waals surface area contributed by atoms with E-state index in [0.29, 0.717) is 12.0 Å². The molecule has 1 N–H and O–H groups in total. The maximum Gasteiger partial charge on any atom is 0.133 e. The molecule has 0 amide bonds.